The number of amides is 1. The number of thiazole rings is 1. The Morgan fingerprint density at radius 3 is 2.61 bits per heavy atom. The summed E-state index contributed by atoms with van der Waals surface area (Å²) in [4.78, 5) is 19.9. The lowest BCUT2D eigenvalue weighted by Crippen LogP contribution is -2.23. The van der Waals surface area contributed by atoms with Crippen LogP contribution in [0, 0.1) is 5.82 Å². The van der Waals surface area contributed by atoms with E-state index < -0.39 is 21.7 Å². The van der Waals surface area contributed by atoms with Crippen molar-refractivity contribution in [3.05, 3.63) is 58.6 Å². The van der Waals surface area contributed by atoms with E-state index in [1.807, 2.05) is 0 Å². The summed E-state index contributed by atoms with van der Waals surface area (Å²) in [6.45, 7) is -0.143. The molecular formula is C17H13ClFN3O4S2. The van der Waals surface area contributed by atoms with E-state index in [0.29, 0.717) is 0 Å². The minimum Gasteiger partial charge on any atom is -0.465 e. The molecule has 146 valence electrons. The van der Waals surface area contributed by atoms with Crippen molar-refractivity contribution in [3.63, 3.8) is 0 Å². The highest BCUT2D eigenvalue weighted by Crippen LogP contribution is 2.37. The SMILES string of the molecule is CN(Cc1nc(-c2ccccc2F)c(S(=O)(=O)c2ccc(Cl)nc2)s1)C(=O)O. The Balaban J connectivity index is 2.18. The van der Waals surface area contributed by atoms with Crippen LogP contribution < -0.4 is 0 Å². The monoisotopic (exact) mass is 441 g/mol. The summed E-state index contributed by atoms with van der Waals surface area (Å²) in [7, 11) is -2.76. The molecule has 0 radical (unpaired) electrons. The van der Waals surface area contributed by atoms with Crippen molar-refractivity contribution in [3.8, 4) is 11.3 Å². The van der Waals surface area contributed by atoms with Crippen molar-refractivity contribution in [2.75, 3.05) is 7.05 Å². The molecule has 0 saturated carbocycles. The van der Waals surface area contributed by atoms with Crippen LogP contribution in [-0.4, -0.2) is 41.5 Å². The minimum absolute atomic E-state index is 0.00322. The molecular weight excluding hydrogens is 429 g/mol. The first kappa shape index (κ1) is 20.2. The number of benzene rings is 1. The third-order valence-electron chi connectivity index (χ3n) is 3.72. The molecule has 3 rings (SSSR count). The lowest BCUT2D eigenvalue weighted by Gasteiger charge is -2.09. The molecule has 11 heteroatoms. The molecule has 0 spiro atoms. The maximum atomic E-state index is 14.3. The fourth-order valence-electron chi connectivity index (χ4n) is 2.32. The van der Waals surface area contributed by atoms with Crippen LogP contribution in [0.5, 0.6) is 0 Å². The molecule has 0 saturated heterocycles. The van der Waals surface area contributed by atoms with Gasteiger partial charge in [-0.1, -0.05) is 23.7 Å². The van der Waals surface area contributed by atoms with Gasteiger partial charge in [-0.2, -0.15) is 0 Å². The number of carbonyl (C=O) groups is 1. The Morgan fingerprint density at radius 1 is 1.29 bits per heavy atom. The second kappa shape index (κ2) is 7.82. The predicted octanol–water partition coefficient (Wildman–Crippen LogP) is 3.94. The minimum atomic E-state index is -4.08. The third kappa shape index (κ3) is 3.98. The Kier molecular flexibility index (Phi) is 5.64. The Hall–Kier alpha value is -2.56. The molecule has 7 nitrogen and oxygen atoms in total. The van der Waals surface area contributed by atoms with E-state index in [2.05, 4.69) is 9.97 Å². The van der Waals surface area contributed by atoms with Gasteiger partial charge >= 0.3 is 6.09 Å². The summed E-state index contributed by atoms with van der Waals surface area (Å²) in [6.07, 6.45) is -0.0973. The van der Waals surface area contributed by atoms with Gasteiger partial charge in [0.05, 0.1) is 11.4 Å². The molecule has 0 bridgehead atoms. The third-order valence-corrected chi connectivity index (χ3v) is 7.23. The lowest BCUT2D eigenvalue weighted by atomic mass is 10.1. The predicted molar refractivity (Wildman–Crippen MR) is 102 cm³/mol. The highest BCUT2D eigenvalue weighted by molar-refractivity contribution is 7.93. The number of hydrogen-bond donors (Lipinski definition) is 1. The van der Waals surface area contributed by atoms with E-state index in [9.17, 15) is 17.6 Å². The van der Waals surface area contributed by atoms with Gasteiger partial charge in [-0.25, -0.2) is 27.6 Å². The number of nitrogens with zero attached hydrogens (tertiary/aromatic N) is 3. The molecule has 0 atom stereocenters. The molecule has 0 aliphatic heterocycles. The standard InChI is InChI=1S/C17H13ClFN3O4S2/c1-22(17(23)24)9-14-21-15(11-4-2-3-5-12(11)19)16(27-14)28(25,26)10-6-7-13(18)20-8-10/h2-8H,9H2,1H3,(H,23,24). The lowest BCUT2D eigenvalue weighted by molar-refractivity contribution is 0.153. The summed E-state index contributed by atoms with van der Waals surface area (Å²) in [5.74, 6) is -0.642. The van der Waals surface area contributed by atoms with Crippen molar-refractivity contribution in [1.82, 2.24) is 14.9 Å². The number of pyridine rings is 1. The van der Waals surface area contributed by atoms with Crippen LogP contribution in [0.1, 0.15) is 5.01 Å². The summed E-state index contributed by atoms with van der Waals surface area (Å²) in [5.41, 5.74) is -0.0738. The second-order valence-electron chi connectivity index (χ2n) is 5.68. The van der Waals surface area contributed by atoms with Crippen LogP contribution in [0.2, 0.25) is 5.15 Å². The normalized spacial score (nSPS) is 11.4. The van der Waals surface area contributed by atoms with Gasteiger partial charge in [-0.15, -0.1) is 11.3 Å². The number of halogens is 2. The number of aromatic nitrogens is 2. The van der Waals surface area contributed by atoms with Crippen LogP contribution >= 0.6 is 22.9 Å². The van der Waals surface area contributed by atoms with Crippen molar-refractivity contribution >= 4 is 38.9 Å². The summed E-state index contributed by atoms with van der Waals surface area (Å²) < 4.78 is 40.4. The van der Waals surface area contributed by atoms with Crippen LogP contribution in [0.25, 0.3) is 11.3 Å². The van der Waals surface area contributed by atoms with Crippen molar-refractivity contribution in [2.24, 2.45) is 0 Å². The zero-order valence-corrected chi connectivity index (χ0v) is 16.7. The molecule has 28 heavy (non-hydrogen) atoms. The second-order valence-corrected chi connectivity index (χ2v) is 9.30. The average molecular weight is 442 g/mol. The van der Waals surface area contributed by atoms with E-state index in [0.717, 1.165) is 22.4 Å². The van der Waals surface area contributed by atoms with Gasteiger partial charge in [0.1, 0.15) is 21.7 Å². The van der Waals surface area contributed by atoms with Crippen molar-refractivity contribution in [1.29, 1.82) is 0 Å². The van der Waals surface area contributed by atoms with Crippen molar-refractivity contribution in [2.45, 2.75) is 15.6 Å². The quantitative estimate of drug-likeness (QED) is 0.602. The molecule has 1 amide bonds. The molecule has 2 aromatic heterocycles. The molecule has 0 fully saturated rings. The highest BCUT2D eigenvalue weighted by atomic mass is 35.5. The zero-order valence-electron chi connectivity index (χ0n) is 14.3. The molecule has 0 unspecified atom stereocenters. The smallest absolute Gasteiger partial charge is 0.407 e. The summed E-state index contributed by atoms with van der Waals surface area (Å²) in [6, 6.07) is 8.25. The van der Waals surface area contributed by atoms with Gasteiger partial charge in [0.25, 0.3) is 0 Å². The average Bonchev–Trinajstić information content (AvgIpc) is 3.06. The first-order valence-corrected chi connectivity index (χ1v) is 10.4. The molecule has 0 aliphatic carbocycles. The van der Waals surface area contributed by atoms with Gasteiger partial charge in [0.15, 0.2) is 4.21 Å². The molecule has 1 N–H and O–H groups in total. The first-order chi connectivity index (χ1) is 13.2. The van der Waals surface area contributed by atoms with Crippen LogP contribution in [0.4, 0.5) is 9.18 Å². The maximum Gasteiger partial charge on any atom is 0.407 e. The Labute approximate surface area is 169 Å². The summed E-state index contributed by atoms with van der Waals surface area (Å²) in [5, 5.41) is 9.39. The van der Waals surface area contributed by atoms with Crippen LogP contribution in [0.15, 0.2) is 51.7 Å². The van der Waals surface area contributed by atoms with Crippen LogP contribution in [0.3, 0.4) is 0 Å². The van der Waals surface area contributed by atoms with Crippen molar-refractivity contribution < 1.29 is 22.7 Å². The Morgan fingerprint density at radius 2 is 2.00 bits per heavy atom. The van der Waals surface area contributed by atoms with E-state index in [4.69, 9.17) is 16.7 Å². The molecule has 2 heterocycles. The zero-order chi connectivity index (χ0) is 20.5. The summed E-state index contributed by atoms with van der Waals surface area (Å²) >= 11 is 6.50. The van der Waals surface area contributed by atoms with Crippen LogP contribution in [-0.2, 0) is 16.4 Å². The van der Waals surface area contributed by atoms with E-state index in [1.54, 1.807) is 6.07 Å². The van der Waals surface area contributed by atoms with Gasteiger partial charge in [0.2, 0.25) is 9.84 Å². The largest absolute Gasteiger partial charge is 0.465 e. The van der Waals surface area contributed by atoms with E-state index in [1.165, 1.54) is 37.4 Å². The van der Waals surface area contributed by atoms with Gasteiger partial charge in [0, 0.05) is 18.8 Å². The van der Waals surface area contributed by atoms with E-state index in [-0.39, 0.29) is 37.1 Å². The highest BCUT2D eigenvalue weighted by Gasteiger charge is 2.29. The molecule has 3 aromatic rings. The number of hydrogen-bond acceptors (Lipinski definition) is 6. The first-order valence-electron chi connectivity index (χ1n) is 7.75. The van der Waals surface area contributed by atoms with Gasteiger partial charge < -0.3 is 10.0 Å². The Bertz CT molecular complexity index is 1130. The van der Waals surface area contributed by atoms with Gasteiger partial charge in [-0.05, 0) is 24.3 Å². The van der Waals surface area contributed by atoms with Gasteiger partial charge in [-0.3, -0.25) is 0 Å². The number of carboxylic acid groups (broad SMARTS) is 1. The molecule has 1 aromatic carbocycles. The molecule has 0 aliphatic rings. The number of rotatable bonds is 5. The maximum absolute atomic E-state index is 14.3. The topological polar surface area (TPSA) is 100 Å². The number of sulfone groups is 1. The fraction of sp³-hybridized carbons (Fsp3) is 0.118. The van der Waals surface area contributed by atoms with E-state index >= 15 is 0 Å². The fourth-order valence-corrected chi connectivity index (χ4v) is 5.37.